The second-order valence-corrected chi connectivity index (χ2v) is 9.70. The summed E-state index contributed by atoms with van der Waals surface area (Å²) in [5.41, 5.74) is 11.4. The van der Waals surface area contributed by atoms with Crippen molar-refractivity contribution in [3.8, 4) is 11.3 Å². The summed E-state index contributed by atoms with van der Waals surface area (Å²) in [5, 5.41) is 5.18. The Morgan fingerprint density at radius 3 is 2.69 bits per heavy atom. The summed E-state index contributed by atoms with van der Waals surface area (Å²) in [6.45, 7) is 2.92. The number of benzene rings is 2. The molecule has 8 nitrogen and oxygen atoms in total. The van der Waals surface area contributed by atoms with Crippen molar-refractivity contribution >= 4 is 38.9 Å². The monoisotopic (exact) mass is 483 g/mol. The van der Waals surface area contributed by atoms with E-state index in [-0.39, 0.29) is 11.6 Å². The first-order valence-electron chi connectivity index (χ1n) is 11.7. The van der Waals surface area contributed by atoms with Crippen molar-refractivity contribution in [1.29, 1.82) is 0 Å². The fraction of sp³-hybridized carbons (Fsp3) is 0.231. The zero-order valence-electron chi connectivity index (χ0n) is 19.1. The molecule has 4 heterocycles. The number of nitrogens with zero attached hydrogens (tertiary/aromatic N) is 5. The summed E-state index contributed by atoms with van der Waals surface area (Å²) in [6.07, 6.45) is 5.64. The molecule has 6 rings (SSSR count). The number of hydrogen-bond donors (Lipinski definition) is 2. The molecule has 3 aromatic heterocycles. The van der Waals surface area contributed by atoms with Crippen LogP contribution in [0, 0.1) is 0 Å². The standard InChI is InChI=1S/C26H25N7OS/c27-17-9-11-32(12-10-17)14-18-16-35-26-31-24(15-33(18)26)19-5-1-2-6-20(19)30-25(34)23-13-28-21-7-3-4-8-22(21)29-23/h1-8,13,15-17H,9-12,14,27H2,(H,30,34). The van der Waals surface area contributed by atoms with E-state index in [0.717, 1.165) is 54.2 Å². The smallest absolute Gasteiger partial charge is 0.275 e. The van der Waals surface area contributed by atoms with Crippen LogP contribution in [0.4, 0.5) is 5.69 Å². The lowest BCUT2D eigenvalue weighted by Crippen LogP contribution is -2.39. The fourth-order valence-corrected chi connectivity index (χ4v) is 5.35. The van der Waals surface area contributed by atoms with Crippen LogP contribution < -0.4 is 11.1 Å². The van der Waals surface area contributed by atoms with Gasteiger partial charge in [0.2, 0.25) is 0 Å². The van der Waals surface area contributed by atoms with E-state index in [1.165, 1.54) is 11.9 Å². The summed E-state index contributed by atoms with van der Waals surface area (Å²) in [4.78, 5) is 30.1. The number of carbonyl (C=O) groups excluding carboxylic acids is 1. The van der Waals surface area contributed by atoms with E-state index in [2.05, 4.69) is 36.2 Å². The number of amides is 1. The van der Waals surface area contributed by atoms with Crippen molar-refractivity contribution in [3.63, 3.8) is 0 Å². The minimum atomic E-state index is -0.305. The summed E-state index contributed by atoms with van der Waals surface area (Å²) in [6, 6.07) is 15.5. The molecule has 0 aliphatic carbocycles. The molecule has 0 unspecified atom stereocenters. The van der Waals surface area contributed by atoms with E-state index in [4.69, 9.17) is 10.7 Å². The minimum Gasteiger partial charge on any atom is -0.328 e. The minimum absolute atomic E-state index is 0.271. The van der Waals surface area contributed by atoms with Crippen LogP contribution in [0.25, 0.3) is 27.3 Å². The Kier molecular flexibility index (Phi) is 5.73. The van der Waals surface area contributed by atoms with Crippen LogP contribution in [0.15, 0.2) is 66.3 Å². The van der Waals surface area contributed by atoms with Crippen molar-refractivity contribution in [1.82, 2.24) is 24.3 Å². The number of imidazole rings is 1. The van der Waals surface area contributed by atoms with E-state index in [1.807, 2.05) is 48.5 Å². The normalized spacial score (nSPS) is 15.1. The molecule has 1 amide bonds. The number of hydrogen-bond acceptors (Lipinski definition) is 7. The molecule has 0 spiro atoms. The summed E-state index contributed by atoms with van der Waals surface area (Å²) < 4.78 is 2.15. The first kappa shape index (κ1) is 21.8. The van der Waals surface area contributed by atoms with Gasteiger partial charge < -0.3 is 11.1 Å². The van der Waals surface area contributed by atoms with E-state index in [9.17, 15) is 4.79 Å². The SMILES string of the molecule is NC1CCN(Cc2csc3nc(-c4ccccc4NC(=O)c4cnc5ccccc5n4)cn23)CC1. The third-order valence-electron chi connectivity index (χ3n) is 6.43. The van der Waals surface area contributed by atoms with Crippen LogP contribution in [0.3, 0.4) is 0 Å². The fourth-order valence-electron chi connectivity index (χ4n) is 4.48. The lowest BCUT2D eigenvalue weighted by molar-refractivity contribution is 0.102. The maximum absolute atomic E-state index is 13.0. The van der Waals surface area contributed by atoms with Crippen molar-refractivity contribution in [2.24, 2.45) is 5.73 Å². The predicted molar refractivity (Wildman–Crippen MR) is 138 cm³/mol. The van der Waals surface area contributed by atoms with Gasteiger partial charge in [0.1, 0.15) is 5.69 Å². The van der Waals surface area contributed by atoms with Crippen molar-refractivity contribution in [3.05, 3.63) is 77.7 Å². The van der Waals surface area contributed by atoms with Gasteiger partial charge in [0.25, 0.3) is 5.91 Å². The Bertz CT molecular complexity index is 1520. The molecule has 5 aromatic rings. The Labute approximate surface area is 206 Å². The molecular weight excluding hydrogens is 458 g/mol. The largest absolute Gasteiger partial charge is 0.328 e. The van der Waals surface area contributed by atoms with E-state index >= 15 is 0 Å². The highest BCUT2D eigenvalue weighted by molar-refractivity contribution is 7.15. The number of thiazole rings is 1. The van der Waals surface area contributed by atoms with Crippen molar-refractivity contribution in [2.75, 3.05) is 18.4 Å². The van der Waals surface area contributed by atoms with Gasteiger partial charge in [-0.15, -0.1) is 11.3 Å². The predicted octanol–water partition coefficient (Wildman–Crippen LogP) is 4.18. The zero-order chi connectivity index (χ0) is 23.8. The summed E-state index contributed by atoms with van der Waals surface area (Å²) in [5.74, 6) is -0.305. The Balaban J connectivity index is 1.26. The number of carbonyl (C=O) groups is 1. The van der Waals surface area contributed by atoms with E-state index < -0.39 is 0 Å². The highest BCUT2D eigenvalue weighted by Crippen LogP contribution is 2.30. The van der Waals surface area contributed by atoms with Crippen LogP contribution in [0.2, 0.25) is 0 Å². The van der Waals surface area contributed by atoms with Crippen LogP contribution in [0.1, 0.15) is 29.0 Å². The summed E-state index contributed by atoms with van der Waals surface area (Å²) in [7, 11) is 0. The molecular formula is C26H25N7OS. The van der Waals surface area contributed by atoms with Crippen LogP contribution in [-0.2, 0) is 6.54 Å². The van der Waals surface area contributed by atoms with E-state index in [1.54, 1.807) is 11.3 Å². The number of rotatable bonds is 5. The Morgan fingerprint density at radius 1 is 1.06 bits per heavy atom. The molecule has 0 saturated carbocycles. The van der Waals surface area contributed by atoms with Crippen LogP contribution in [0.5, 0.6) is 0 Å². The average Bonchev–Trinajstić information content (AvgIpc) is 3.47. The number of nitrogens with one attached hydrogen (secondary N) is 1. The highest BCUT2D eigenvalue weighted by Gasteiger charge is 2.19. The number of para-hydroxylation sites is 3. The van der Waals surface area contributed by atoms with Gasteiger partial charge >= 0.3 is 0 Å². The number of nitrogens with two attached hydrogens (primary N) is 1. The Morgan fingerprint density at radius 2 is 1.83 bits per heavy atom. The molecule has 3 N–H and O–H groups in total. The molecule has 0 radical (unpaired) electrons. The first-order chi connectivity index (χ1) is 17.1. The molecule has 1 aliphatic rings. The molecule has 0 bridgehead atoms. The zero-order valence-corrected chi connectivity index (χ0v) is 19.9. The third-order valence-corrected chi connectivity index (χ3v) is 7.32. The number of piperidine rings is 1. The number of anilines is 1. The quantitative estimate of drug-likeness (QED) is 0.389. The lowest BCUT2D eigenvalue weighted by Gasteiger charge is -2.29. The number of aromatic nitrogens is 4. The maximum atomic E-state index is 13.0. The van der Waals surface area contributed by atoms with Gasteiger partial charge in [-0.05, 0) is 31.0 Å². The molecule has 9 heteroatoms. The molecule has 0 atom stereocenters. The van der Waals surface area contributed by atoms with Gasteiger partial charge in [0.15, 0.2) is 4.96 Å². The number of likely N-dealkylation sites (tertiary alicyclic amines) is 1. The van der Waals surface area contributed by atoms with Gasteiger partial charge in [-0.1, -0.05) is 30.3 Å². The molecule has 1 fully saturated rings. The van der Waals surface area contributed by atoms with Gasteiger partial charge in [-0.3, -0.25) is 19.1 Å². The molecule has 176 valence electrons. The Hall–Kier alpha value is -3.66. The molecule has 35 heavy (non-hydrogen) atoms. The average molecular weight is 484 g/mol. The molecule has 1 saturated heterocycles. The van der Waals surface area contributed by atoms with Gasteiger partial charge in [-0.2, -0.15) is 0 Å². The topological polar surface area (TPSA) is 101 Å². The molecule has 1 aliphatic heterocycles. The summed E-state index contributed by atoms with van der Waals surface area (Å²) >= 11 is 1.63. The third kappa shape index (κ3) is 4.41. The second kappa shape index (κ2) is 9.18. The lowest BCUT2D eigenvalue weighted by atomic mass is 10.1. The second-order valence-electron chi connectivity index (χ2n) is 8.86. The first-order valence-corrected chi connectivity index (χ1v) is 12.6. The number of fused-ring (bicyclic) bond motifs is 2. The van der Waals surface area contributed by atoms with Crippen LogP contribution in [-0.4, -0.2) is 49.3 Å². The van der Waals surface area contributed by atoms with E-state index in [0.29, 0.717) is 17.2 Å². The van der Waals surface area contributed by atoms with Gasteiger partial charge in [0.05, 0.1) is 28.6 Å². The molecule has 2 aromatic carbocycles. The van der Waals surface area contributed by atoms with Crippen molar-refractivity contribution < 1.29 is 4.79 Å². The maximum Gasteiger partial charge on any atom is 0.275 e. The van der Waals surface area contributed by atoms with Gasteiger partial charge in [0, 0.05) is 48.5 Å². The van der Waals surface area contributed by atoms with Crippen LogP contribution >= 0.6 is 11.3 Å². The van der Waals surface area contributed by atoms with Crippen molar-refractivity contribution in [2.45, 2.75) is 25.4 Å². The van der Waals surface area contributed by atoms with Gasteiger partial charge in [-0.25, -0.2) is 9.97 Å². The highest BCUT2D eigenvalue weighted by atomic mass is 32.1.